The Morgan fingerprint density at radius 2 is 1.64 bits per heavy atom. The number of hydrogen-bond donors (Lipinski definition) is 0. The third kappa shape index (κ3) is 2.26. The van der Waals surface area contributed by atoms with E-state index in [9.17, 15) is 14.9 Å². The Kier molecular flexibility index (Phi) is 3.62. The van der Waals surface area contributed by atoms with Gasteiger partial charge >= 0.3 is 0 Å². The van der Waals surface area contributed by atoms with Gasteiger partial charge in [-0.15, -0.1) is 0 Å². The molecule has 25 heavy (non-hydrogen) atoms. The molecule has 0 N–H and O–H groups in total. The molecule has 2 aliphatic carbocycles. The molecule has 2 atom stereocenters. The number of carbonyl (C=O) groups is 2. The van der Waals surface area contributed by atoms with Crippen molar-refractivity contribution in [2.24, 2.45) is 5.92 Å². The van der Waals surface area contributed by atoms with Gasteiger partial charge in [-0.3, -0.25) is 9.59 Å². The molecule has 3 nitrogen and oxygen atoms in total. The molecule has 0 amide bonds. The van der Waals surface area contributed by atoms with Crippen LogP contribution in [-0.2, 0) is 6.42 Å². The minimum absolute atomic E-state index is 0.0341. The molecule has 0 bridgehead atoms. The summed E-state index contributed by atoms with van der Waals surface area (Å²) in [5.41, 5.74) is 4.41. The Labute approximate surface area is 146 Å². The highest BCUT2D eigenvalue weighted by Gasteiger charge is 2.41. The summed E-state index contributed by atoms with van der Waals surface area (Å²) in [5.74, 6) is -0.277. The number of nitriles is 1. The largest absolute Gasteiger partial charge is 0.289 e. The Bertz CT molecular complexity index is 978. The monoisotopic (exact) mass is 327 g/mol. The molecule has 0 radical (unpaired) electrons. The Morgan fingerprint density at radius 3 is 2.36 bits per heavy atom. The number of fused-ring (bicyclic) bond motifs is 2. The number of rotatable bonds is 2. The van der Waals surface area contributed by atoms with Crippen molar-refractivity contribution < 1.29 is 9.59 Å². The molecule has 0 spiro atoms. The van der Waals surface area contributed by atoms with E-state index in [1.54, 1.807) is 31.2 Å². The Morgan fingerprint density at radius 1 is 1.00 bits per heavy atom. The SMILES string of the molecule is CC1=C(C2Cc3ccccc3C2CC#N)C(=O)c2ccccc2C1=O. The predicted octanol–water partition coefficient (Wildman–Crippen LogP) is 4.25. The van der Waals surface area contributed by atoms with E-state index < -0.39 is 0 Å². The molecule has 0 fully saturated rings. The van der Waals surface area contributed by atoms with Gasteiger partial charge in [-0.1, -0.05) is 48.5 Å². The zero-order valence-electron chi connectivity index (χ0n) is 14.0. The van der Waals surface area contributed by atoms with E-state index in [1.807, 2.05) is 18.2 Å². The molecule has 3 heteroatoms. The number of carbonyl (C=O) groups excluding carboxylic acids is 2. The lowest BCUT2D eigenvalue weighted by atomic mass is 9.74. The van der Waals surface area contributed by atoms with Crippen LogP contribution in [0.3, 0.4) is 0 Å². The second-order valence-corrected chi connectivity index (χ2v) is 6.72. The summed E-state index contributed by atoms with van der Waals surface area (Å²) in [4.78, 5) is 26.0. The summed E-state index contributed by atoms with van der Waals surface area (Å²) >= 11 is 0. The van der Waals surface area contributed by atoms with Crippen LogP contribution in [0.5, 0.6) is 0 Å². The number of nitrogens with zero attached hydrogens (tertiary/aromatic N) is 1. The number of allylic oxidation sites excluding steroid dienone is 2. The van der Waals surface area contributed by atoms with Crippen molar-refractivity contribution in [2.45, 2.75) is 25.7 Å². The number of Topliss-reactive ketones (excluding diaryl/α,β-unsaturated/α-hetero) is 2. The smallest absolute Gasteiger partial charge is 0.190 e. The molecule has 0 saturated carbocycles. The Balaban J connectivity index is 1.85. The Hall–Kier alpha value is -2.99. The quantitative estimate of drug-likeness (QED) is 0.828. The normalized spacial score (nSPS) is 21.8. The third-order valence-electron chi connectivity index (χ3n) is 5.47. The van der Waals surface area contributed by atoms with Gasteiger partial charge in [-0.2, -0.15) is 5.26 Å². The van der Waals surface area contributed by atoms with Gasteiger partial charge in [0.15, 0.2) is 11.6 Å². The molecule has 2 unspecified atom stereocenters. The summed E-state index contributed by atoms with van der Waals surface area (Å²) in [7, 11) is 0. The maximum Gasteiger partial charge on any atom is 0.190 e. The van der Waals surface area contributed by atoms with Crippen LogP contribution in [0.4, 0.5) is 0 Å². The fraction of sp³-hybridized carbons (Fsp3) is 0.227. The van der Waals surface area contributed by atoms with E-state index in [0.717, 1.165) is 5.56 Å². The topological polar surface area (TPSA) is 57.9 Å². The highest BCUT2D eigenvalue weighted by atomic mass is 16.1. The van der Waals surface area contributed by atoms with E-state index in [4.69, 9.17) is 0 Å². The van der Waals surface area contributed by atoms with E-state index in [1.165, 1.54) is 5.56 Å². The summed E-state index contributed by atoms with van der Waals surface area (Å²) < 4.78 is 0. The van der Waals surface area contributed by atoms with Crippen molar-refractivity contribution in [2.75, 3.05) is 0 Å². The van der Waals surface area contributed by atoms with Crippen LogP contribution in [-0.4, -0.2) is 11.6 Å². The zero-order valence-corrected chi connectivity index (χ0v) is 14.0. The summed E-state index contributed by atoms with van der Waals surface area (Å²) in [6, 6.07) is 17.3. The summed E-state index contributed by atoms with van der Waals surface area (Å²) in [6.07, 6.45) is 1.05. The van der Waals surface area contributed by atoms with Gasteiger partial charge in [0.1, 0.15) is 0 Å². The zero-order chi connectivity index (χ0) is 17.6. The van der Waals surface area contributed by atoms with Crippen molar-refractivity contribution in [3.63, 3.8) is 0 Å². The molecule has 2 aromatic carbocycles. The fourth-order valence-electron chi connectivity index (χ4n) is 4.30. The fourth-order valence-corrected chi connectivity index (χ4v) is 4.30. The first kappa shape index (κ1) is 15.5. The standard InChI is InChI=1S/C22H17NO2/c1-13-20(22(25)18-9-5-4-8-17(18)21(13)24)19-12-14-6-2-3-7-15(14)16(19)10-11-23/h2-9,16,19H,10,12H2,1H3. The summed E-state index contributed by atoms with van der Waals surface area (Å²) in [5, 5.41) is 9.29. The average molecular weight is 327 g/mol. The van der Waals surface area contributed by atoms with Gasteiger partial charge in [0.2, 0.25) is 0 Å². The van der Waals surface area contributed by atoms with Gasteiger partial charge < -0.3 is 0 Å². The van der Waals surface area contributed by atoms with Gasteiger partial charge in [0.25, 0.3) is 0 Å². The van der Waals surface area contributed by atoms with Crippen molar-refractivity contribution >= 4 is 11.6 Å². The maximum atomic E-state index is 13.2. The van der Waals surface area contributed by atoms with Crippen molar-refractivity contribution in [1.82, 2.24) is 0 Å². The molecule has 0 heterocycles. The average Bonchev–Trinajstić information content (AvgIpc) is 2.99. The van der Waals surface area contributed by atoms with Crippen LogP contribution in [0.1, 0.15) is 51.1 Å². The van der Waals surface area contributed by atoms with E-state index in [2.05, 4.69) is 12.1 Å². The van der Waals surface area contributed by atoms with Crippen molar-refractivity contribution in [1.29, 1.82) is 5.26 Å². The van der Waals surface area contributed by atoms with Gasteiger partial charge in [-0.05, 0) is 24.5 Å². The van der Waals surface area contributed by atoms with Crippen LogP contribution in [0, 0.1) is 17.2 Å². The second kappa shape index (κ2) is 5.82. The lowest BCUT2D eigenvalue weighted by molar-refractivity contribution is 0.0963. The van der Waals surface area contributed by atoms with Crippen LogP contribution >= 0.6 is 0 Å². The number of hydrogen-bond acceptors (Lipinski definition) is 3. The van der Waals surface area contributed by atoms with E-state index >= 15 is 0 Å². The molecule has 0 aromatic heterocycles. The third-order valence-corrected chi connectivity index (χ3v) is 5.47. The van der Waals surface area contributed by atoms with Gasteiger partial charge in [-0.25, -0.2) is 0 Å². The van der Waals surface area contributed by atoms with Gasteiger partial charge in [0, 0.05) is 40.5 Å². The highest BCUT2D eigenvalue weighted by Crippen LogP contribution is 2.46. The minimum Gasteiger partial charge on any atom is -0.289 e. The number of benzene rings is 2. The lowest BCUT2D eigenvalue weighted by Crippen LogP contribution is -2.27. The second-order valence-electron chi connectivity index (χ2n) is 6.72. The molecule has 4 rings (SSSR count). The molecular formula is C22H17NO2. The van der Waals surface area contributed by atoms with Crippen LogP contribution in [0.15, 0.2) is 59.7 Å². The van der Waals surface area contributed by atoms with E-state index in [-0.39, 0.29) is 23.4 Å². The minimum atomic E-state index is -0.109. The summed E-state index contributed by atoms with van der Waals surface area (Å²) in [6.45, 7) is 1.75. The predicted molar refractivity (Wildman–Crippen MR) is 94.4 cm³/mol. The first-order valence-electron chi connectivity index (χ1n) is 8.47. The first-order chi connectivity index (χ1) is 12.1. The molecule has 0 saturated heterocycles. The van der Waals surface area contributed by atoms with E-state index in [0.29, 0.717) is 35.1 Å². The molecular weight excluding hydrogens is 310 g/mol. The highest BCUT2D eigenvalue weighted by molar-refractivity contribution is 6.27. The van der Waals surface area contributed by atoms with Crippen LogP contribution in [0.2, 0.25) is 0 Å². The van der Waals surface area contributed by atoms with Crippen LogP contribution in [0.25, 0.3) is 0 Å². The number of ketones is 2. The molecule has 122 valence electrons. The van der Waals surface area contributed by atoms with Gasteiger partial charge in [0.05, 0.1) is 6.07 Å². The lowest BCUT2D eigenvalue weighted by Gasteiger charge is -2.26. The molecule has 2 aliphatic rings. The van der Waals surface area contributed by atoms with Crippen molar-refractivity contribution in [3.05, 3.63) is 81.9 Å². The molecule has 2 aromatic rings. The van der Waals surface area contributed by atoms with Crippen LogP contribution < -0.4 is 0 Å². The first-order valence-corrected chi connectivity index (χ1v) is 8.47. The van der Waals surface area contributed by atoms with Crippen molar-refractivity contribution in [3.8, 4) is 6.07 Å². The maximum absolute atomic E-state index is 13.2. The molecule has 0 aliphatic heterocycles.